The van der Waals surface area contributed by atoms with Crippen molar-refractivity contribution >= 4 is 21.6 Å². The normalized spacial score (nSPS) is 12.3. The minimum atomic E-state index is -3.80. The molecule has 0 unspecified atom stereocenters. The molecule has 118 valence electrons. The topological polar surface area (TPSA) is 101 Å². The number of nitrogens with one attached hydrogen (secondary N) is 2. The number of hydrogen-bond donors (Lipinski definition) is 3. The fraction of sp³-hybridized carbons (Fsp3) is 0.500. The lowest BCUT2D eigenvalue weighted by molar-refractivity contribution is -0.115. The lowest BCUT2D eigenvalue weighted by Crippen LogP contribution is -2.41. The third-order valence-electron chi connectivity index (χ3n) is 3.02. The largest absolute Gasteiger partial charge is 0.325 e. The first kappa shape index (κ1) is 17.6. The average Bonchev–Trinajstić information content (AvgIpc) is 2.30. The lowest BCUT2D eigenvalue weighted by Gasteiger charge is -2.20. The summed E-state index contributed by atoms with van der Waals surface area (Å²) in [6.07, 6.45) is 0. The van der Waals surface area contributed by atoms with E-state index in [1.165, 1.54) is 12.1 Å². The fourth-order valence-electron chi connectivity index (χ4n) is 1.66. The van der Waals surface area contributed by atoms with Crippen LogP contribution in [0.25, 0.3) is 0 Å². The molecule has 1 amide bonds. The van der Waals surface area contributed by atoms with Gasteiger partial charge in [0.15, 0.2) is 0 Å². The highest BCUT2D eigenvalue weighted by Gasteiger charge is 2.15. The number of carbonyl (C=O) groups is 1. The second-order valence-corrected chi connectivity index (χ2v) is 7.67. The van der Waals surface area contributed by atoms with Gasteiger partial charge in [-0.25, -0.2) is 13.6 Å². The van der Waals surface area contributed by atoms with Gasteiger partial charge in [-0.2, -0.15) is 0 Å². The Bertz CT molecular complexity index is 646. The number of sulfonamides is 1. The van der Waals surface area contributed by atoms with E-state index in [9.17, 15) is 13.2 Å². The maximum atomic E-state index is 11.9. The van der Waals surface area contributed by atoms with Crippen molar-refractivity contribution in [3.05, 3.63) is 23.3 Å². The second kappa shape index (κ2) is 6.13. The van der Waals surface area contributed by atoms with Crippen molar-refractivity contribution in [1.29, 1.82) is 0 Å². The zero-order valence-electron chi connectivity index (χ0n) is 13.1. The number of benzene rings is 1. The van der Waals surface area contributed by atoms with Gasteiger partial charge in [0, 0.05) is 11.2 Å². The molecule has 0 radical (unpaired) electrons. The predicted molar refractivity (Wildman–Crippen MR) is 83.7 cm³/mol. The summed E-state index contributed by atoms with van der Waals surface area (Å²) in [4.78, 5) is 11.9. The van der Waals surface area contributed by atoms with E-state index in [0.29, 0.717) is 5.69 Å². The van der Waals surface area contributed by atoms with Crippen LogP contribution in [0.3, 0.4) is 0 Å². The summed E-state index contributed by atoms with van der Waals surface area (Å²) in [6, 6.07) is 2.88. The van der Waals surface area contributed by atoms with Gasteiger partial charge in [-0.15, -0.1) is 0 Å². The van der Waals surface area contributed by atoms with Crippen LogP contribution in [0, 0.1) is 13.8 Å². The minimum Gasteiger partial charge on any atom is -0.325 e. The number of amides is 1. The van der Waals surface area contributed by atoms with Gasteiger partial charge < -0.3 is 10.6 Å². The molecule has 4 N–H and O–H groups in total. The molecule has 7 heteroatoms. The highest BCUT2D eigenvalue weighted by Crippen LogP contribution is 2.23. The Labute approximate surface area is 126 Å². The van der Waals surface area contributed by atoms with Gasteiger partial charge >= 0.3 is 0 Å². The van der Waals surface area contributed by atoms with E-state index in [4.69, 9.17) is 5.14 Å². The van der Waals surface area contributed by atoms with Crippen LogP contribution in [-0.2, 0) is 14.8 Å². The van der Waals surface area contributed by atoms with Crippen LogP contribution in [0.2, 0.25) is 0 Å². The smallest absolute Gasteiger partial charge is 0.238 e. The third-order valence-corrected chi connectivity index (χ3v) is 3.92. The minimum absolute atomic E-state index is 0.00956. The maximum absolute atomic E-state index is 11.9. The van der Waals surface area contributed by atoms with E-state index in [1.54, 1.807) is 6.92 Å². The first-order chi connectivity index (χ1) is 9.40. The summed E-state index contributed by atoms with van der Waals surface area (Å²) >= 11 is 0. The first-order valence-corrected chi connectivity index (χ1v) is 8.14. The van der Waals surface area contributed by atoms with Crippen LogP contribution in [-0.4, -0.2) is 26.4 Å². The van der Waals surface area contributed by atoms with Crippen LogP contribution < -0.4 is 15.8 Å². The van der Waals surface area contributed by atoms with E-state index < -0.39 is 10.0 Å². The summed E-state index contributed by atoms with van der Waals surface area (Å²) in [5.41, 5.74) is 1.84. The number of carbonyl (C=O) groups excluding carboxylic acids is 1. The Morgan fingerprint density at radius 3 is 2.29 bits per heavy atom. The molecule has 1 aromatic rings. The average molecular weight is 313 g/mol. The van der Waals surface area contributed by atoms with Crippen molar-refractivity contribution < 1.29 is 13.2 Å². The van der Waals surface area contributed by atoms with Gasteiger partial charge in [-0.1, -0.05) is 0 Å². The SMILES string of the molecule is Cc1cc(S(N)(=O)=O)cc(NC(=O)CNC(C)(C)C)c1C. The van der Waals surface area contributed by atoms with E-state index in [-0.39, 0.29) is 22.9 Å². The summed E-state index contributed by atoms with van der Waals surface area (Å²) < 4.78 is 22.9. The molecule has 0 spiro atoms. The van der Waals surface area contributed by atoms with Crippen LogP contribution in [0.4, 0.5) is 5.69 Å². The van der Waals surface area contributed by atoms with Gasteiger partial charge in [-0.05, 0) is 57.9 Å². The molecule has 21 heavy (non-hydrogen) atoms. The monoisotopic (exact) mass is 313 g/mol. The van der Waals surface area contributed by atoms with Crippen LogP contribution >= 0.6 is 0 Å². The number of nitrogens with two attached hydrogens (primary N) is 1. The molecule has 1 rings (SSSR count). The summed E-state index contributed by atoms with van der Waals surface area (Å²) in [5.74, 6) is -0.237. The van der Waals surface area contributed by atoms with Gasteiger partial charge in [-0.3, -0.25) is 4.79 Å². The van der Waals surface area contributed by atoms with Crippen molar-refractivity contribution in [2.75, 3.05) is 11.9 Å². The van der Waals surface area contributed by atoms with Crippen molar-refractivity contribution in [2.24, 2.45) is 5.14 Å². The zero-order valence-corrected chi connectivity index (χ0v) is 13.9. The van der Waals surface area contributed by atoms with Crippen LogP contribution in [0.5, 0.6) is 0 Å². The molecule has 1 aromatic carbocycles. The second-order valence-electron chi connectivity index (χ2n) is 6.11. The van der Waals surface area contributed by atoms with E-state index in [2.05, 4.69) is 10.6 Å². The Morgan fingerprint density at radius 2 is 1.81 bits per heavy atom. The molecule has 0 heterocycles. The Kier molecular flexibility index (Phi) is 5.14. The van der Waals surface area contributed by atoms with E-state index in [0.717, 1.165) is 11.1 Å². The van der Waals surface area contributed by atoms with Crippen LogP contribution in [0.15, 0.2) is 17.0 Å². The standard InChI is InChI=1S/C14H23N3O3S/c1-9-6-11(21(15,19)20)7-12(10(9)2)17-13(18)8-16-14(3,4)5/h6-7,16H,8H2,1-5H3,(H,17,18)(H2,15,19,20). The number of rotatable bonds is 4. The van der Waals surface area contributed by atoms with E-state index >= 15 is 0 Å². The van der Waals surface area contributed by atoms with Gasteiger partial charge in [0.1, 0.15) is 0 Å². The molecule has 6 nitrogen and oxygen atoms in total. The van der Waals surface area contributed by atoms with Crippen LogP contribution in [0.1, 0.15) is 31.9 Å². The van der Waals surface area contributed by atoms with E-state index in [1.807, 2.05) is 27.7 Å². The molecular weight excluding hydrogens is 290 g/mol. The molecule has 0 saturated carbocycles. The Balaban J connectivity index is 2.98. The van der Waals surface area contributed by atoms with Crippen molar-refractivity contribution in [1.82, 2.24) is 5.32 Å². The lowest BCUT2D eigenvalue weighted by atomic mass is 10.1. The number of hydrogen-bond acceptors (Lipinski definition) is 4. The molecule has 0 saturated heterocycles. The molecule has 0 atom stereocenters. The zero-order chi connectivity index (χ0) is 16.4. The number of anilines is 1. The molecule has 0 aliphatic rings. The summed E-state index contributed by atoms with van der Waals surface area (Å²) in [5, 5.41) is 10.9. The Hall–Kier alpha value is -1.44. The molecule has 0 aliphatic carbocycles. The predicted octanol–water partition coefficient (Wildman–Crippen LogP) is 1.28. The fourth-order valence-corrected chi connectivity index (χ4v) is 2.28. The van der Waals surface area contributed by atoms with Gasteiger partial charge in [0.2, 0.25) is 15.9 Å². The molecule has 0 bridgehead atoms. The molecule has 0 aliphatic heterocycles. The third kappa shape index (κ3) is 5.45. The summed E-state index contributed by atoms with van der Waals surface area (Å²) in [6.45, 7) is 9.59. The first-order valence-electron chi connectivity index (χ1n) is 6.59. The van der Waals surface area contributed by atoms with Crippen molar-refractivity contribution in [3.63, 3.8) is 0 Å². The van der Waals surface area contributed by atoms with Gasteiger partial charge in [0.05, 0.1) is 11.4 Å². The number of primary sulfonamides is 1. The highest BCUT2D eigenvalue weighted by molar-refractivity contribution is 7.89. The summed E-state index contributed by atoms with van der Waals surface area (Å²) in [7, 11) is -3.80. The van der Waals surface area contributed by atoms with Gasteiger partial charge in [0.25, 0.3) is 0 Å². The number of aryl methyl sites for hydroxylation is 1. The highest BCUT2D eigenvalue weighted by atomic mass is 32.2. The molecular formula is C14H23N3O3S. The Morgan fingerprint density at radius 1 is 1.24 bits per heavy atom. The maximum Gasteiger partial charge on any atom is 0.238 e. The van der Waals surface area contributed by atoms with Crippen molar-refractivity contribution in [3.8, 4) is 0 Å². The molecule has 0 fully saturated rings. The quantitative estimate of drug-likeness (QED) is 0.779. The van der Waals surface area contributed by atoms with Crippen molar-refractivity contribution in [2.45, 2.75) is 45.1 Å². The molecule has 0 aromatic heterocycles.